The number of nitrogens with zero attached hydrogens (tertiary/aromatic N) is 1. The van der Waals surface area contributed by atoms with Crippen molar-refractivity contribution in [2.75, 3.05) is 7.11 Å². The minimum atomic E-state index is -4.77. The van der Waals surface area contributed by atoms with E-state index in [1.165, 1.54) is 6.92 Å². The van der Waals surface area contributed by atoms with E-state index in [9.17, 15) is 26.7 Å². The Hall–Kier alpha value is -1.97. The summed E-state index contributed by atoms with van der Waals surface area (Å²) >= 11 is 0. The van der Waals surface area contributed by atoms with E-state index < -0.39 is 47.7 Å². The van der Waals surface area contributed by atoms with E-state index in [4.69, 9.17) is 15.2 Å². The van der Waals surface area contributed by atoms with E-state index >= 15 is 0 Å². The summed E-state index contributed by atoms with van der Waals surface area (Å²) in [6.45, 7) is 2.07. The van der Waals surface area contributed by atoms with Gasteiger partial charge in [0, 0.05) is 17.4 Å². The number of carbonyl (C=O) groups excluding carboxylic acids is 1. The zero-order valence-corrected chi connectivity index (χ0v) is 13.6. The van der Waals surface area contributed by atoms with Crippen LogP contribution in [0.3, 0.4) is 0 Å². The number of halogens is 5. The van der Waals surface area contributed by atoms with Gasteiger partial charge in [0.25, 0.3) is 6.43 Å². The number of amides is 1. The highest BCUT2D eigenvalue weighted by molar-refractivity contribution is 5.81. The summed E-state index contributed by atoms with van der Waals surface area (Å²) in [5.74, 6) is -3.78. The fraction of sp³-hybridized carbons (Fsp3) is 0.600. The average Bonchev–Trinajstić information content (AvgIpc) is 2.79. The SMILES string of the molecule is COc1nc(C(F)F)ccc1[C@H]1[C@H](C(N)=O)O[C@@](C)(C(F)(F)F)[C@H]1C. The van der Waals surface area contributed by atoms with Crippen LogP contribution in [-0.2, 0) is 9.53 Å². The maximum absolute atomic E-state index is 13.5. The van der Waals surface area contributed by atoms with E-state index in [0.717, 1.165) is 26.2 Å². The molecule has 2 heterocycles. The van der Waals surface area contributed by atoms with Gasteiger partial charge < -0.3 is 15.2 Å². The van der Waals surface area contributed by atoms with Crippen LogP contribution in [0.2, 0.25) is 0 Å². The minimum Gasteiger partial charge on any atom is -0.481 e. The highest BCUT2D eigenvalue weighted by Crippen LogP contribution is 2.54. The molecular weight excluding hydrogens is 351 g/mol. The number of alkyl halides is 5. The lowest BCUT2D eigenvalue weighted by atomic mass is 9.77. The normalized spacial score (nSPS) is 29.9. The zero-order valence-electron chi connectivity index (χ0n) is 13.6. The molecule has 0 spiro atoms. The summed E-state index contributed by atoms with van der Waals surface area (Å²) in [4.78, 5) is 15.3. The fourth-order valence-corrected chi connectivity index (χ4v) is 3.05. The van der Waals surface area contributed by atoms with Crippen LogP contribution < -0.4 is 10.5 Å². The lowest BCUT2D eigenvalue weighted by Gasteiger charge is -2.31. The highest BCUT2D eigenvalue weighted by atomic mass is 19.4. The molecule has 1 aromatic heterocycles. The van der Waals surface area contributed by atoms with Crippen molar-refractivity contribution < 1.29 is 36.2 Å². The van der Waals surface area contributed by atoms with Crippen LogP contribution in [0.25, 0.3) is 0 Å². The number of methoxy groups -OCH3 is 1. The summed E-state index contributed by atoms with van der Waals surface area (Å²) in [7, 11) is 1.14. The minimum absolute atomic E-state index is 0.0520. The molecule has 0 bridgehead atoms. The first-order valence-corrected chi connectivity index (χ1v) is 7.30. The second-order valence-corrected chi connectivity index (χ2v) is 6.00. The molecule has 0 unspecified atom stereocenters. The molecule has 0 saturated carbocycles. The van der Waals surface area contributed by atoms with Gasteiger partial charge in [-0.25, -0.2) is 13.8 Å². The topological polar surface area (TPSA) is 74.4 Å². The van der Waals surface area contributed by atoms with Crippen LogP contribution in [0.15, 0.2) is 12.1 Å². The predicted molar refractivity (Wildman–Crippen MR) is 76.2 cm³/mol. The number of carbonyl (C=O) groups is 1. The van der Waals surface area contributed by atoms with Crippen molar-refractivity contribution >= 4 is 5.91 Å². The van der Waals surface area contributed by atoms with Crippen LogP contribution in [0, 0.1) is 5.92 Å². The number of primary amides is 1. The molecule has 10 heteroatoms. The Morgan fingerprint density at radius 3 is 2.44 bits per heavy atom. The monoisotopic (exact) mass is 368 g/mol. The van der Waals surface area contributed by atoms with Gasteiger partial charge in [-0.05, 0) is 13.0 Å². The van der Waals surface area contributed by atoms with E-state index in [1.54, 1.807) is 0 Å². The predicted octanol–water partition coefficient (Wildman–Crippen LogP) is 2.95. The quantitative estimate of drug-likeness (QED) is 0.830. The molecule has 5 nitrogen and oxygen atoms in total. The molecule has 1 saturated heterocycles. The molecule has 0 aliphatic carbocycles. The van der Waals surface area contributed by atoms with Crippen molar-refractivity contribution in [1.29, 1.82) is 0 Å². The van der Waals surface area contributed by atoms with Crippen molar-refractivity contribution in [3.63, 3.8) is 0 Å². The van der Waals surface area contributed by atoms with Gasteiger partial charge in [-0.2, -0.15) is 13.2 Å². The Bertz CT molecular complexity index is 667. The smallest absolute Gasteiger partial charge is 0.417 e. The largest absolute Gasteiger partial charge is 0.481 e. The summed E-state index contributed by atoms with van der Waals surface area (Å²) in [6.07, 6.45) is -9.25. The molecule has 140 valence electrons. The number of pyridine rings is 1. The molecule has 0 radical (unpaired) electrons. The third kappa shape index (κ3) is 3.14. The Balaban J connectivity index is 2.57. The van der Waals surface area contributed by atoms with Crippen LogP contribution in [0.1, 0.15) is 37.4 Å². The van der Waals surface area contributed by atoms with E-state index in [-0.39, 0.29) is 11.4 Å². The second-order valence-electron chi connectivity index (χ2n) is 6.00. The molecule has 1 aliphatic heterocycles. The van der Waals surface area contributed by atoms with Gasteiger partial charge in [-0.3, -0.25) is 4.79 Å². The summed E-state index contributed by atoms with van der Waals surface area (Å²) < 4.78 is 75.9. The number of rotatable bonds is 4. The first-order valence-electron chi connectivity index (χ1n) is 7.30. The van der Waals surface area contributed by atoms with Crippen LogP contribution in [0.4, 0.5) is 22.0 Å². The molecular formula is C15H17F5N2O3. The standard InChI is InChI=1S/C15H17F5N2O3/c1-6-9(7-4-5-8(11(16)17)22-13(7)24-3)10(12(21)23)25-14(6,2)15(18,19)20/h4-6,9-11H,1-3H3,(H2,21,23)/t6-,9-,10+,14+/m0/s1. The molecule has 1 amide bonds. The van der Waals surface area contributed by atoms with E-state index in [2.05, 4.69) is 4.98 Å². The average molecular weight is 368 g/mol. The number of hydrogen-bond acceptors (Lipinski definition) is 4. The molecule has 4 atom stereocenters. The summed E-state index contributed by atoms with van der Waals surface area (Å²) in [5, 5.41) is 0. The van der Waals surface area contributed by atoms with Gasteiger partial charge in [-0.1, -0.05) is 13.0 Å². The molecule has 2 rings (SSSR count). The Kier molecular flexibility index (Phi) is 4.95. The van der Waals surface area contributed by atoms with Crippen molar-refractivity contribution in [1.82, 2.24) is 4.98 Å². The molecule has 1 aromatic rings. The number of ether oxygens (including phenoxy) is 2. The van der Waals surface area contributed by atoms with Gasteiger partial charge in [0.15, 0.2) is 5.60 Å². The van der Waals surface area contributed by atoms with E-state index in [1.807, 2.05) is 0 Å². The van der Waals surface area contributed by atoms with Crippen molar-refractivity contribution in [2.24, 2.45) is 11.7 Å². The number of nitrogens with two attached hydrogens (primary N) is 1. The Morgan fingerprint density at radius 1 is 1.40 bits per heavy atom. The molecule has 2 N–H and O–H groups in total. The second kappa shape index (κ2) is 6.40. The van der Waals surface area contributed by atoms with Crippen molar-refractivity contribution in [2.45, 2.75) is 44.1 Å². The molecule has 25 heavy (non-hydrogen) atoms. The molecule has 0 aromatic carbocycles. The van der Waals surface area contributed by atoms with Crippen LogP contribution in [0.5, 0.6) is 5.88 Å². The third-order valence-electron chi connectivity index (χ3n) is 4.64. The lowest BCUT2D eigenvalue weighted by molar-refractivity contribution is -0.272. The van der Waals surface area contributed by atoms with Crippen LogP contribution in [-0.4, -0.2) is 35.9 Å². The van der Waals surface area contributed by atoms with E-state index in [0.29, 0.717) is 0 Å². The van der Waals surface area contributed by atoms with Crippen molar-refractivity contribution in [3.05, 3.63) is 23.4 Å². The zero-order chi connectivity index (χ0) is 19.2. The van der Waals surface area contributed by atoms with Crippen molar-refractivity contribution in [3.8, 4) is 5.88 Å². The highest BCUT2D eigenvalue weighted by Gasteiger charge is 2.65. The van der Waals surface area contributed by atoms with Gasteiger partial charge in [0.05, 0.1) is 7.11 Å². The van der Waals surface area contributed by atoms with Gasteiger partial charge in [0.2, 0.25) is 11.8 Å². The maximum atomic E-state index is 13.5. The van der Waals surface area contributed by atoms with Crippen LogP contribution >= 0.6 is 0 Å². The lowest BCUT2D eigenvalue weighted by Crippen LogP contribution is -2.47. The summed E-state index contributed by atoms with van der Waals surface area (Å²) in [6, 6.07) is 2.13. The first-order chi connectivity index (χ1) is 11.4. The third-order valence-corrected chi connectivity index (χ3v) is 4.64. The Labute approximate surface area is 140 Å². The number of hydrogen-bond donors (Lipinski definition) is 1. The fourth-order valence-electron chi connectivity index (χ4n) is 3.05. The molecule has 1 fully saturated rings. The Morgan fingerprint density at radius 2 is 2.00 bits per heavy atom. The molecule has 1 aliphatic rings. The van der Waals surface area contributed by atoms with Gasteiger partial charge >= 0.3 is 6.18 Å². The maximum Gasteiger partial charge on any atom is 0.417 e. The van der Waals surface area contributed by atoms with Gasteiger partial charge in [0.1, 0.15) is 11.8 Å². The summed E-state index contributed by atoms with van der Waals surface area (Å²) in [5.41, 5.74) is 2.03. The first kappa shape index (κ1) is 19.4. The number of aromatic nitrogens is 1. The van der Waals surface area contributed by atoms with Gasteiger partial charge in [-0.15, -0.1) is 0 Å².